The van der Waals surface area contributed by atoms with Crippen molar-refractivity contribution < 1.29 is 19.0 Å². The van der Waals surface area contributed by atoms with Crippen LogP contribution < -0.4 is 4.74 Å². The van der Waals surface area contributed by atoms with Gasteiger partial charge in [-0.15, -0.1) is 0 Å². The molecule has 0 aliphatic carbocycles. The maximum atomic E-state index is 13.1. The third kappa shape index (κ3) is 4.71. The third-order valence-electron chi connectivity index (χ3n) is 2.43. The van der Waals surface area contributed by atoms with E-state index in [0.717, 1.165) is 12.8 Å². The summed E-state index contributed by atoms with van der Waals surface area (Å²) in [6, 6.07) is 4.17. The summed E-state index contributed by atoms with van der Waals surface area (Å²) in [5, 5.41) is 9.51. The van der Waals surface area contributed by atoms with Crippen molar-refractivity contribution >= 4 is 0 Å². The molecule has 0 saturated heterocycles. The maximum Gasteiger partial charge on any atom is 0.127 e. The first kappa shape index (κ1) is 13.9. The Kier molecular flexibility index (Phi) is 5.94. The van der Waals surface area contributed by atoms with E-state index in [2.05, 4.69) is 0 Å². The molecule has 17 heavy (non-hydrogen) atoms. The number of aliphatic hydroxyl groups is 1. The number of hydrogen-bond acceptors (Lipinski definition) is 3. The van der Waals surface area contributed by atoms with E-state index >= 15 is 0 Å². The number of unbranched alkanes of at least 4 members (excludes halogenated alkanes) is 1. The number of ether oxygens (including phenoxy) is 2. The highest BCUT2D eigenvalue weighted by Gasteiger charge is 2.10. The Morgan fingerprint density at radius 3 is 2.65 bits per heavy atom. The van der Waals surface area contributed by atoms with E-state index in [4.69, 9.17) is 9.47 Å². The molecule has 0 aliphatic rings. The number of aliphatic hydroxyl groups excluding tert-OH is 1. The molecule has 0 unspecified atom stereocenters. The molecule has 1 aromatic rings. The Balaban J connectivity index is 2.53. The van der Waals surface area contributed by atoms with Gasteiger partial charge in [0.25, 0.3) is 0 Å². The highest BCUT2D eigenvalue weighted by atomic mass is 19.1. The van der Waals surface area contributed by atoms with Crippen LogP contribution in [0.5, 0.6) is 5.75 Å². The molecule has 0 heterocycles. The molecule has 3 nitrogen and oxygen atoms in total. The Hall–Kier alpha value is -1.13. The molecule has 1 atom stereocenters. The predicted octanol–water partition coefficient (Wildman–Crippen LogP) is 2.68. The zero-order valence-electron chi connectivity index (χ0n) is 10.3. The van der Waals surface area contributed by atoms with Gasteiger partial charge >= 0.3 is 0 Å². The summed E-state index contributed by atoms with van der Waals surface area (Å²) in [4.78, 5) is 0. The lowest BCUT2D eigenvalue weighted by Crippen LogP contribution is -2.04. The van der Waals surface area contributed by atoms with E-state index in [0.29, 0.717) is 24.5 Å². The minimum atomic E-state index is -0.662. The van der Waals surface area contributed by atoms with Gasteiger partial charge in [-0.25, -0.2) is 4.39 Å². The van der Waals surface area contributed by atoms with Crippen LogP contribution in [0, 0.1) is 5.82 Å². The topological polar surface area (TPSA) is 38.7 Å². The zero-order chi connectivity index (χ0) is 12.7. The maximum absolute atomic E-state index is 13.1. The van der Waals surface area contributed by atoms with Gasteiger partial charge in [-0.2, -0.15) is 0 Å². The number of halogens is 1. The van der Waals surface area contributed by atoms with Crippen LogP contribution >= 0.6 is 0 Å². The minimum Gasteiger partial charge on any atom is -0.493 e. The lowest BCUT2D eigenvalue weighted by atomic mass is 10.1. The van der Waals surface area contributed by atoms with Crippen LogP contribution in [-0.2, 0) is 4.74 Å². The second-order valence-corrected chi connectivity index (χ2v) is 3.91. The molecule has 0 fully saturated rings. The Bertz CT molecular complexity index is 339. The van der Waals surface area contributed by atoms with Crippen molar-refractivity contribution in [3.8, 4) is 5.75 Å². The lowest BCUT2D eigenvalue weighted by Gasteiger charge is -2.13. The van der Waals surface area contributed by atoms with E-state index < -0.39 is 6.10 Å². The van der Waals surface area contributed by atoms with Crippen LogP contribution in [0.3, 0.4) is 0 Å². The zero-order valence-corrected chi connectivity index (χ0v) is 10.3. The van der Waals surface area contributed by atoms with Crippen LogP contribution in [0.4, 0.5) is 4.39 Å². The van der Waals surface area contributed by atoms with Gasteiger partial charge in [0.05, 0.1) is 12.7 Å². The van der Waals surface area contributed by atoms with Gasteiger partial charge < -0.3 is 14.6 Å². The number of benzene rings is 1. The average Bonchev–Trinajstić information content (AvgIpc) is 2.28. The molecule has 0 amide bonds. The summed E-state index contributed by atoms with van der Waals surface area (Å²) < 4.78 is 23.4. The fourth-order valence-corrected chi connectivity index (χ4v) is 1.51. The van der Waals surface area contributed by atoms with Crippen molar-refractivity contribution in [3.05, 3.63) is 29.6 Å². The van der Waals surface area contributed by atoms with Crippen LogP contribution in [0.1, 0.15) is 31.4 Å². The van der Waals surface area contributed by atoms with Crippen molar-refractivity contribution in [2.45, 2.75) is 25.9 Å². The predicted molar refractivity (Wildman–Crippen MR) is 63.6 cm³/mol. The summed E-state index contributed by atoms with van der Waals surface area (Å²) in [5.41, 5.74) is 0.609. The Morgan fingerprint density at radius 1 is 1.29 bits per heavy atom. The monoisotopic (exact) mass is 242 g/mol. The molecule has 1 rings (SSSR count). The van der Waals surface area contributed by atoms with Crippen molar-refractivity contribution in [1.29, 1.82) is 0 Å². The summed E-state index contributed by atoms with van der Waals surface area (Å²) in [5.74, 6) is 0.0544. The number of rotatable bonds is 7. The van der Waals surface area contributed by atoms with E-state index in [1.165, 1.54) is 12.1 Å². The highest BCUT2D eigenvalue weighted by molar-refractivity contribution is 5.35. The van der Waals surface area contributed by atoms with Crippen molar-refractivity contribution in [3.63, 3.8) is 0 Å². The van der Waals surface area contributed by atoms with Crippen LogP contribution in [0.15, 0.2) is 18.2 Å². The number of methoxy groups -OCH3 is 1. The summed E-state index contributed by atoms with van der Waals surface area (Å²) >= 11 is 0. The number of hydrogen-bond donors (Lipinski definition) is 1. The summed E-state index contributed by atoms with van der Waals surface area (Å²) in [6.07, 6.45) is 1.07. The lowest BCUT2D eigenvalue weighted by molar-refractivity contribution is 0.178. The van der Waals surface area contributed by atoms with Crippen molar-refractivity contribution in [1.82, 2.24) is 0 Å². The second kappa shape index (κ2) is 7.25. The molecule has 0 bridgehead atoms. The molecular formula is C13H19FO3. The summed E-state index contributed by atoms with van der Waals surface area (Å²) in [6.45, 7) is 2.81. The smallest absolute Gasteiger partial charge is 0.127 e. The second-order valence-electron chi connectivity index (χ2n) is 3.91. The summed E-state index contributed by atoms with van der Waals surface area (Å²) in [7, 11) is 1.65. The standard InChI is InChI=1S/C13H19FO3/c1-10(15)12-6-5-11(14)9-13(12)17-8-4-3-7-16-2/h5-6,9-10,15H,3-4,7-8H2,1-2H3/t10-/m1/s1. The van der Waals surface area contributed by atoms with Gasteiger partial charge in [0.1, 0.15) is 11.6 Å². The van der Waals surface area contributed by atoms with Crippen molar-refractivity contribution in [2.24, 2.45) is 0 Å². The first-order valence-corrected chi connectivity index (χ1v) is 5.74. The SMILES string of the molecule is COCCCCOc1cc(F)ccc1[C@@H](C)O. The van der Waals surface area contributed by atoms with E-state index in [1.54, 1.807) is 20.1 Å². The fourth-order valence-electron chi connectivity index (χ4n) is 1.51. The fraction of sp³-hybridized carbons (Fsp3) is 0.538. The minimum absolute atomic E-state index is 0.360. The molecule has 0 spiro atoms. The largest absolute Gasteiger partial charge is 0.493 e. The van der Waals surface area contributed by atoms with E-state index in [-0.39, 0.29) is 5.82 Å². The van der Waals surface area contributed by atoms with Gasteiger partial charge in [-0.05, 0) is 31.9 Å². The molecule has 0 saturated carbocycles. The molecule has 0 aromatic heterocycles. The molecule has 0 radical (unpaired) electrons. The molecule has 1 N–H and O–H groups in total. The first-order chi connectivity index (χ1) is 8.15. The van der Waals surface area contributed by atoms with Crippen LogP contribution in [-0.4, -0.2) is 25.4 Å². The first-order valence-electron chi connectivity index (χ1n) is 5.74. The van der Waals surface area contributed by atoms with E-state index in [9.17, 15) is 9.50 Å². The van der Waals surface area contributed by atoms with Gasteiger partial charge in [-0.1, -0.05) is 0 Å². The quantitative estimate of drug-likeness (QED) is 0.747. The Labute approximate surface area is 101 Å². The third-order valence-corrected chi connectivity index (χ3v) is 2.43. The normalized spacial score (nSPS) is 12.5. The molecule has 4 heteroatoms. The van der Waals surface area contributed by atoms with Gasteiger partial charge in [-0.3, -0.25) is 0 Å². The average molecular weight is 242 g/mol. The molecular weight excluding hydrogens is 223 g/mol. The van der Waals surface area contributed by atoms with Crippen LogP contribution in [0.25, 0.3) is 0 Å². The molecule has 96 valence electrons. The van der Waals surface area contributed by atoms with Gasteiger partial charge in [0.2, 0.25) is 0 Å². The van der Waals surface area contributed by atoms with Crippen molar-refractivity contribution in [2.75, 3.05) is 20.3 Å². The van der Waals surface area contributed by atoms with Gasteiger partial charge in [0, 0.05) is 25.3 Å². The highest BCUT2D eigenvalue weighted by Crippen LogP contribution is 2.26. The van der Waals surface area contributed by atoms with Crippen LogP contribution in [0.2, 0.25) is 0 Å². The van der Waals surface area contributed by atoms with E-state index in [1.807, 2.05) is 0 Å². The molecule has 1 aromatic carbocycles. The Morgan fingerprint density at radius 2 is 2.00 bits per heavy atom. The van der Waals surface area contributed by atoms with Gasteiger partial charge in [0.15, 0.2) is 0 Å². The molecule has 0 aliphatic heterocycles.